The van der Waals surface area contributed by atoms with E-state index in [1.165, 1.54) is 12.1 Å². The van der Waals surface area contributed by atoms with Crippen LogP contribution in [0.2, 0.25) is 0 Å². The van der Waals surface area contributed by atoms with E-state index < -0.39 is 0 Å². The molecule has 3 heteroatoms. The first-order valence-electron chi connectivity index (χ1n) is 5.46. The van der Waals surface area contributed by atoms with Gasteiger partial charge in [-0.25, -0.2) is 4.39 Å². The predicted octanol–water partition coefficient (Wildman–Crippen LogP) is 3.04. The Labute approximate surface area is 100 Å². The number of benzene rings is 2. The monoisotopic (exact) mass is 230 g/mol. The van der Waals surface area contributed by atoms with Crippen LogP contribution in [-0.4, -0.2) is 7.05 Å². The summed E-state index contributed by atoms with van der Waals surface area (Å²) in [5.74, 6) is -0.217. The third-order valence-electron chi connectivity index (χ3n) is 2.64. The van der Waals surface area contributed by atoms with Crippen molar-refractivity contribution in [2.24, 2.45) is 0 Å². The van der Waals surface area contributed by atoms with Crippen LogP contribution in [0.25, 0.3) is 0 Å². The summed E-state index contributed by atoms with van der Waals surface area (Å²) in [5.41, 5.74) is 8.60. The Morgan fingerprint density at radius 2 is 1.82 bits per heavy atom. The molecule has 0 radical (unpaired) electrons. The second-order valence-corrected chi connectivity index (χ2v) is 4.08. The lowest BCUT2D eigenvalue weighted by atomic mass is 10.2. The molecule has 0 saturated carbocycles. The maximum Gasteiger partial charge on any atom is 0.123 e. The number of hydrogen-bond donors (Lipinski definition) is 1. The lowest BCUT2D eigenvalue weighted by Crippen LogP contribution is -2.16. The largest absolute Gasteiger partial charge is 0.399 e. The molecule has 0 fully saturated rings. The molecule has 0 aromatic heterocycles. The number of anilines is 2. The van der Waals surface area contributed by atoms with Gasteiger partial charge in [-0.05, 0) is 42.0 Å². The smallest absolute Gasteiger partial charge is 0.123 e. The van der Waals surface area contributed by atoms with Crippen LogP contribution in [-0.2, 0) is 6.54 Å². The van der Waals surface area contributed by atoms with Gasteiger partial charge >= 0.3 is 0 Å². The van der Waals surface area contributed by atoms with E-state index in [1.54, 1.807) is 12.1 Å². The minimum Gasteiger partial charge on any atom is -0.399 e. The van der Waals surface area contributed by atoms with Crippen molar-refractivity contribution in [3.63, 3.8) is 0 Å². The topological polar surface area (TPSA) is 29.3 Å². The van der Waals surface area contributed by atoms with Gasteiger partial charge in [-0.15, -0.1) is 0 Å². The van der Waals surface area contributed by atoms with Gasteiger partial charge in [0.25, 0.3) is 0 Å². The Morgan fingerprint density at radius 3 is 2.47 bits per heavy atom. The van der Waals surface area contributed by atoms with Gasteiger partial charge in [-0.3, -0.25) is 0 Å². The first-order valence-corrected chi connectivity index (χ1v) is 5.46. The molecule has 0 aliphatic carbocycles. The maximum absolute atomic E-state index is 12.8. The molecule has 0 saturated heterocycles. The second kappa shape index (κ2) is 4.87. The van der Waals surface area contributed by atoms with Crippen LogP contribution < -0.4 is 10.6 Å². The third kappa shape index (κ3) is 2.97. The summed E-state index contributed by atoms with van der Waals surface area (Å²) >= 11 is 0. The lowest BCUT2D eigenvalue weighted by Gasteiger charge is -2.19. The van der Waals surface area contributed by atoms with Crippen molar-refractivity contribution in [2.75, 3.05) is 17.7 Å². The maximum atomic E-state index is 12.8. The molecule has 2 nitrogen and oxygen atoms in total. The highest BCUT2D eigenvalue weighted by Crippen LogP contribution is 2.16. The standard InChI is InChI=1S/C14H15FN2/c1-17(14-7-5-12(15)6-8-14)10-11-3-2-4-13(16)9-11/h2-9H,10,16H2,1H3. The number of nitrogens with zero attached hydrogens (tertiary/aromatic N) is 1. The molecular weight excluding hydrogens is 215 g/mol. The molecule has 2 aromatic carbocycles. The SMILES string of the molecule is CN(Cc1cccc(N)c1)c1ccc(F)cc1. The fraction of sp³-hybridized carbons (Fsp3) is 0.143. The summed E-state index contributed by atoms with van der Waals surface area (Å²) < 4.78 is 12.8. The Hall–Kier alpha value is -2.03. The number of halogens is 1. The quantitative estimate of drug-likeness (QED) is 0.821. The van der Waals surface area contributed by atoms with Gasteiger partial charge in [0.15, 0.2) is 0 Å². The molecule has 2 aromatic rings. The number of nitrogen functional groups attached to an aromatic ring is 1. The summed E-state index contributed by atoms with van der Waals surface area (Å²) in [6.07, 6.45) is 0. The van der Waals surface area contributed by atoms with Crippen molar-refractivity contribution < 1.29 is 4.39 Å². The van der Waals surface area contributed by atoms with E-state index in [0.29, 0.717) is 0 Å². The van der Waals surface area contributed by atoms with E-state index in [9.17, 15) is 4.39 Å². The molecule has 0 unspecified atom stereocenters. The number of rotatable bonds is 3. The van der Waals surface area contributed by atoms with Gasteiger partial charge in [0, 0.05) is 25.0 Å². The van der Waals surface area contributed by atoms with Crippen molar-refractivity contribution in [1.82, 2.24) is 0 Å². The minimum atomic E-state index is -0.217. The van der Waals surface area contributed by atoms with Crippen molar-refractivity contribution in [3.05, 3.63) is 59.9 Å². The first-order chi connectivity index (χ1) is 8.15. The van der Waals surface area contributed by atoms with E-state index in [2.05, 4.69) is 0 Å². The van der Waals surface area contributed by atoms with Crippen LogP contribution in [0.15, 0.2) is 48.5 Å². The van der Waals surface area contributed by atoms with E-state index >= 15 is 0 Å². The van der Waals surface area contributed by atoms with E-state index in [-0.39, 0.29) is 5.82 Å². The van der Waals surface area contributed by atoms with Crippen LogP contribution in [0, 0.1) is 5.82 Å². The van der Waals surface area contributed by atoms with Crippen molar-refractivity contribution in [3.8, 4) is 0 Å². The molecule has 17 heavy (non-hydrogen) atoms. The first kappa shape index (κ1) is 11.5. The van der Waals surface area contributed by atoms with E-state index in [1.807, 2.05) is 36.2 Å². The Morgan fingerprint density at radius 1 is 1.12 bits per heavy atom. The average molecular weight is 230 g/mol. The van der Waals surface area contributed by atoms with Crippen LogP contribution in [0.1, 0.15) is 5.56 Å². The summed E-state index contributed by atoms with van der Waals surface area (Å²) in [6.45, 7) is 0.747. The minimum absolute atomic E-state index is 0.217. The fourth-order valence-corrected chi connectivity index (χ4v) is 1.75. The molecular formula is C14H15FN2. The van der Waals surface area contributed by atoms with Crippen molar-refractivity contribution in [2.45, 2.75) is 6.54 Å². The zero-order valence-electron chi connectivity index (χ0n) is 9.73. The zero-order chi connectivity index (χ0) is 12.3. The molecule has 2 rings (SSSR count). The molecule has 0 spiro atoms. The summed E-state index contributed by atoms with van der Waals surface area (Å²) in [5, 5.41) is 0. The van der Waals surface area contributed by atoms with Crippen LogP contribution >= 0.6 is 0 Å². The van der Waals surface area contributed by atoms with Crippen molar-refractivity contribution >= 4 is 11.4 Å². The Balaban J connectivity index is 2.11. The molecule has 0 atom stereocenters. The Bertz CT molecular complexity index is 494. The van der Waals surface area contributed by atoms with Crippen molar-refractivity contribution in [1.29, 1.82) is 0 Å². The van der Waals surface area contributed by atoms with Gasteiger partial charge < -0.3 is 10.6 Å². The predicted molar refractivity (Wildman–Crippen MR) is 69.4 cm³/mol. The van der Waals surface area contributed by atoms with Gasteiger partial charge in [-0.1, -0.05) is 12.1 Å². The number of hydrogen-bond acceptors (Lipinski definition) is 2. The molecule has 88 valence electrons. The molecule has 0 aliphatic rings. The van der Waals surface area contributed by atoms with E-state index in [0.717, 1.165) is 23.5 Å². The van der Waals surface area contributed by atoms with Gasteiger partial charge in [0.2, 0.25) is 0 Å². The van der Waals surface area contributed by atoms with Gasteiger partial charge in [0.1, 0.15) is 5.82 Å². The van der Waals surface area contributed by atoms with Gasteiger partial charge in [-0.2, -0.15) is 0 Å². The molecule has 0 heterocycles. The highest BCUT2D eigenvalue weighted by atomic mass is 19.1. The highest BCUT2D eigenvalue weighted by molar-refractivity contribution is 5.47. The lowest BCUT2D eigenvalue weighted by molar-refractivity contribution is 0.627. The van der Waals surface area contributed by atoms with E-state index in [4.69, 9.17) is 5.73 Å². The van der Waals surface area contributed by atoms with Crippen LogP contribution in [0.3, 0.4) is 0 Å². The van der Waals surface area contributed by atoms with Crippen LogP contribution in [0.5, 0.6) is 0 Å². The summed E-state index contributed by atoms with van der Waals surface area (Å²) in [4.78, 5) is 2.05. The fourth-order valence-electron chi connectivity index (χ4n) is 1.75. The molecule has 0 amide bonds. The normalized spacial score (nSPS) is 10.2. The third-order valence-corrected chi connectivity index (χ3v) is 2.64. The average Bonchev–Trinajstić information content (AvgIpc) is 2.29. The van der Waals surface area contributed by atoms with Crippen LogP contribution in [0.4, 0.5) is 15.8 Å². The highest BCUT2D eigenvalue weighted by Gasteiger charge is 2.02. The molecule has 0 aliphatic heterocycles. The Kier molecular flexibility index (Phi) is 3.28. The van der Waals surface area contributed by atoms with Gasteiger partial charge in [0.05, 0.1) is 0 Å². The second-order valence-electron chi connectivity index (χ2n) is 4.08. The number of nitrogens with two attached hydrogens (primary N) is 1. The summed E-state index contributed by atoms with van der Waals surface area (Å²) in [6, 6.07) is 14.2. The zero-order valence-corrected chi connectivity index (χ0v) is 9.73. The summed E-state index contributed by atoms with van der Waals surface area (Å²) in [7, 11) is 1.97. The molecule has 2 N–H and O–H groups in total. The molecule has 0 bridgehead atoms.